The van der Waals surface area contributed by atoms with Crippen LogP contribution in [0.1, 0.15) is 21.6 Å². The second kappa shape index (κ2) is 6.54. The number of hydrogen-bond acceptors (Lipinski definition) is 6. The summed E-state index contributed by atoms with van der Waals surface area (Å²) < 4.78 is 10.4. The van der Waals surface area contributed by atoms with Crippen LogP contribution in [0, 0.1) is 0 Å². The van der Waals surface area contributed by atoms with Gasteiger partial charge in [0.25, 0.3) is 5.91 Å². The Morgan fingerprint density at radius 1 is 1.25 bits per heavy atom. The molecule has 1 aliphatic heterocycles. The number of thiophene rings is 1. The molecule has 0 aliphatic carbocycles. The molecule has 7 heteroatoms. The minimum absolute atomic E-state index is 0.0145. The van der Waals surface area contributed by atoms with E-state index in [2.05, 4.69) is 10.1 Å². The maximum absolute atomic E-state index is 13.0. The molecule has 3 heterocycles. The van der Waals surface area contributed by atoms with Crippen LogP contribution in [0.5, 0.6) is 0 Å². The standard InChI is InChI=1S/C17H15N3O3S/c21-17(15-13(6-9-24-15)12-4-2-1-3-5-12)20-7-8-22-14(10-20)16-18-11-23-19-16/h1-6,9,11,14H,7-8,10H2. The molecule has 4 rings (SSSR count). The molecular weight excluding hydrogens is 326 g/mol. The van der Waals surface area contributed by atoms with E-state index in [0.29, 0.717) is 25.5 Å². The van der Waals surface area contributed by atoms with Gasteiger partial charge in [0, 0.05) is 12.1 Å². The summed E-state index contributed by atoms with van der Waals surface area (Å²) in [4.78, 5) is 19.5. The van der Waals surface area contributed by atoms with Gasteiger partial charge >= 0.3 is 0 Å². The maximum Gasteiger partial charge on any atom is 0.264 e. The van der Waals surface area contributed by atoms with Crippen LogP contribution < -0.4 is 0 Å². The fraction of sp³-hybridized carbons (Fsp3) is 0.235. The zero-order valence-corrected chi connectivity index (χ0v) is 13.6. The first-order valence-electron chi connectivity index (χ1n) is 7.63. The first-order valence-corrected chi connectivity index (χ1v) is 8.51. The maximum atomic E-state index is 13.0. The molecule has 2 aromatic heterocycles. The van der Waals surface area contributed by atoms with E-state index < -0.39 is 0 Å². The smallest absolute Gasteiger partial charge is 0.264 e. The molecule has 24 heavy (non-hydrogen) atoms. The fourth-order valence-electron chi connectivity index (χ4n) is 2.77. The van der Waals surface area contributed by atoms with E-state index in [9.17, 15) is 4.79 Å². The van der Waals surface area contributed by atoms with Gasteiger partial charge in [-0.3, -0.25) is 4.79 Å². The molecule has 122 valence electrons. The number of rotatable bonds is 3. The van der Waals surface area contributed by atoms with Gasteiger partial charge in [0.15, 0.2) is 0 Å². The van der Waals surface area contributed by atoms with Gasteiger partial charge in [0.2, 0.25) is 12.2 Å². The zero-order valence-electron chi connectivity index (χ0n) is 12.8. The topological polar surface area (TPSA) is 68.5 Å². The molecule has 3 aromatic rings. The van der Waals surface area contributed by atoms with Crippen molar-refractivity contribution in [3.05, 3.63) is 58.9 Å². The van der Waals surface area contributed by atoms with Gasteiger partial charge < -0.3 is 14.2 Å². The van der Waals surface area contributed by atoms with Crippen molar-refractivity contribution in [3.8, 4) is 11.1 Å². The number of morpholine rings is 1. The molecule has 1 aliphatic rings. The normalized spacial score (nSPS) is 17.8. The minimum atomic E-state index is -0.346. The highest BCUT2D eigenvalue weighted by molar-refractivity contribution is 7.12. The lowest BCUT2D eigenvalue weighted by Crippen LogP contribution is -2.42. The van der Waals surface area contributed by atoms with Crippen molar-refractivity contribution in [2.75, 3.05) is 19.7 Å². The summed E-state index contributed by atoms with van der Waals surface area (Å²) in [6.07, 6.45) is 0.924. The van der Waals surface area contributed by atoms with Crippen LogP contribution in [0.2, 0.25) is 0 Å². The van der Waals surface area contributed by atoms with Crippen LogP contribution >= 0.6 is 11.3 Å². The van der Waals surface area contributed by atoms with Crippen LogP contribution in [0.4, 0.5) is 0 Å². The Morgan fingerprint density at radius 3 is 2.92 bits per heavy atom. The summed E-state index contributed by atoms with van der Waals surface area (Å²) >= 11 is 1.46. The third-order valence-electron chi connectivity index (χ3n) is 3.96. The van der Waals surface area contributed by atoms with Crippen molar-refractivity contribution in [1.29, 1.82) is 0 Å². The van der Waals surface area contributed by atoms with Crippen molar-refractivity contribution in [3.63, 3.8) is 0 Å². The second-order valence-electron chi connectivity index (χ2n) is 5.43. The monoisotopic (exact) mass is 341 g/mol. The second-order valence-corrected chi connectivity index (χ2v) is 6.35. The number of carbonyl (C=O) groups excluding carboxylic acids is 1. The molecule has 1 amide bonds. The quantitative estimate of drug-likeness (QED) is 0.732. The van der Waals surface area contributed by atoms with Crippen molar-refractivity contribution in [1.82, 2.24) is 15.0 Å². The van der Waals surface area contributed by atoms with E-state index in [4.69, 9.17) is 9.26 Å². The molecular formula is C17H15N3O3S. The Bertz CT molecular complexity index is 817. The van der Waals surface area contributed by atoms with Crippen LogP contribution in [0.15, 0.2) is 52.7 Å². The van der Waals surface area contributed by atoms with Crippen LogP contribution in [-0.2, 0) is 4.74 Å². The molecule has 1 fully saturated rings. The van der Waals surface area contributed by atoms with E-state index in [1.165, 1.54) is 17.7 Å². The molecule has 1 saturated heterocycles. The molecule has 0 radical (unpaired) electrons. The summed E-state index contributed by atoms with van der Waals surface area (Å²) in [6, 6.07) is 11.9. The number of hydrogen-bond donors (Lipinski definition) is 0. The van der Waals surface area contributed by atoms with Crippen LogP contribution in [0.3, 0.4) is 0 Å². The Morgan fingerprint density at radius 2 is 2.12 bits per heavy atom. The molecule has 0 saturated carbocycles. The summed E-state index contributed by atoms with van der Waals surface area (Å²) in [6.45, 7) is 1.43. The average Bonchev–Trinajstić information content (AvgIpc) is 3.34. The van der Waals surface area contributed by atoms with Gasteiger partial charge in [-0.15, -0.1) is 11.3 Å². The SMILES string of the molecule is O=C(c1sccc1-c1ccccc1)N1CCOC(c2ncon2)C1. The number of ether oxygens (including phenoxy) is 1. The molecule has 1 atom stereocenters. The largest absolute Gasteiger partial charge is 0.366 e. The van der Waals surface area contributed by atoms with E-state index in [0.717, 1.165) is 16.0 Å². The van der Waals surface area contributed by atoms with Crippen molar-refractivity contribution < 1.29 is 14.1 Å². The van der Waals surface area contributed by atoms with Crippen molar-refractivity contribution in [2.45, 2.75) is 6.10 Å². The summed E-state index contributed by atoms with van der Waals surface area (Å²) in [7, 11) is 0. The lowest BCUT2D eigenvalue weighted by molar-refractivity contribution is -0.0274. The number of carbonyl (C=O) groups is 1. The molecule has 1 unspecified atom stereocenters. The molecule has 1 aromatic carbocycles. The Balaban J connectivity index is 1.57. The Labute approximate surface area is 142 Å². The first-order chi connectivity index (χ1) is 11.8. The summed E-state index contributed by atoms with van der Waals surface area (Å²) in [5.74, 6) is 0.489. The lowest BCUT2D eigenvalue weighted by atomic mass is 10.1. The Kier molecular flexibility index (Phi) is 4.10. The van der Waals surface area contributed by atoms with Gasteiger partial charge in [0.1, 0.15) is 6.10 Å². The van der Waals surface area contributed by atoms with Gasteiger partial charge in [-0.2, -0.15) is 4.98 Å². The van der Waals surface area contributed by atoms with Gasteiger partial charge in [-0.25, -0.2) is 0 Å². The molecule has 6 nitrogen and oxygen atoms in total. The number of amides is 1. The average molecular weight is 341 g/mol. The van der Waals surface area contributed by atoms with Crippen LogP contribution in [-0.4, -0.2) is 40.6 Å². The van der Waals surface area contributed by atoms with E-state index in [1.54, 1.807) is 4.90 Å². The number of nitrogens with zero attached hydrogens (tertiary/aromatic N) is 3. The molecule has 0 bridgehead atoms. The van der Waals surface area contributed by atoms with Crippen LogP contribution in [0.25, 0.3) is 11.1 Å². The highest BCUT2D eigenvalue weighted by atomic mass is 32.1. The lowest BCUT2D eigenvalue weighted by Gasteiger charge is -2.31. The van der Waals surface area contributed by atoms with E-state index >= 15 is 0 Å². The van der Waals surface area contributed by atoms with E-state index in [1.807, 2.05) is 41.8 Å². The number of aromatic nitrogens is 2. The molecule has 0 N–H and O–H groups in total. The predicted octanol–water partition coefficient (Wildman–Crippen LogP) is 3.01. The van der Waals surface area contributed by atoms with Gasteiger partial charge in [-0.05, 0) is 17.0 Å². The van der Waals surface area contributed by atoms with Gasteiger partial charge in [0.05, 0.1) is 18.0 Å². The van der Waals surface area contributed by atoms with Crippen molar-refractivity contribution in [2.24, 2.45) is 0 Å². The predicted molar refractivity (Wildman–Crippen MR) is 88.6 cm³/mol. The molecule has 0 spiro atoms. The highest BCUT2D eigenvalue weighted by Gasteiger charge is 2.30. The highest BCUT2D eigenvalue weighted by Crippen LogP contribution is 2.30. The minimum Gasteiger partial charge on any atom is -0.366 e. The summed E-state index contributed by atoms with van der Waals surface area (Å²) in [5.41, 5.74) is 2.01. The van der Waals surface area contributed by atoms with Crippen molar-refractivity contribution >= 4 is 17.2 Å². The third-order valence-corrected chi connectivity index (χ3v) is 4.87. The number of benzene rings is 1. The summed E-state index contributed by atoms with van der Waals surface area (Å²) in [5, 5.41) is 5.77. The van der Waals surface area contributed by atoms with E-state index in [-0.39, 0.29) is 12.0 Å². The fourth-order valence-corrected chi connectivity index (χ4v) is 3.66. The first kappa shape index (κ1) is 15.0. The zero-order chi connectivity index (χ0) is 16.4. The third kappa shape index (κ3) is 2.83. The van der Waals surface area contributed by atoms with Gasteiger partial charge in [-0.1, -0.05) is 35.5 Å². The Hall–Kier alpha value is -2.51.